The molecule has 3 aromatic rings. The van der Waals surface area contributed by atoms with Crippen molar-refractivity contribution in [2.75, 3.05) is 12.3 Å². The van der Waals surface area contributed by atoms with Gasteiger partial charge in [-0.05, 0) is 18.1 Å². The molecule has 1 aliphatic rings. The van der Waals surface area contributed by atoms with Crippen LogP contribution in [0.15, 0.2) is 43.0 Å². The first kappa shape index (κ1) is 17.4. The van der Waals surface area contributed by atoms with Crippen LogP contribution in [0.5, 0.6) is 0 Å². The Hall–Kier alpha value is -3.03. The van der Waals surface area contributed by atoms with Gasteiger partial charge >= 0.3 is 0 Å². The van der Waals surface area contributed by atoms with Gasteiger partial charge in [0.15, 0.2) is 11.5 Å². The molecule has 1 saturated heterocycles. The van der Waals surface area contributed by atoms with Gasteiger partial charge < -0.3 is 25.8 Å². The number of ether oxygens (including phenoxy) is 1. The third-order valence-corrected chi connectivity index (χ3v) is 4.50. The molecule has 27 heavy (non-hydrogen) atoms. The van der Waals surface area contributed by atoms with Crippen molar-refractivity contribution >= 4 is 17.0 Å². The third kappa shape index (κ3) is 2.72. The summed E-state index contributed by atoms with van der Waals surface area (Å²) in [6, 6.07) is 9.11. The highest BCUT2D eigenvalue weighted by Crippen LogP contribution is 2.37. The summed E-state index contributed by atoms with van der Waals surface area (Å²) >= 11 is 0. The van der Waals surface area contributed by atoms with E-state index in [9.17, 15) is 15.3 Å². The van der Waals surface area contributed by atoms with Crippen LogP contribution < -0.4 is 5.73 Å². The smallest absolute Gasteiger partial charge is 0.241 e. The van der Waals surface area contributed by atoms with Gasteiger partial charge in [-0.2, -0.15) is 0 Å². The molecule has 138 valence electrons. The Labute approximate surface area is 154 Å². The molecule has 3 heterocycles. The monoisotopic (exact) mass is 367 g/mol. The van der Waals surface area contributed by atoms with E-state index in [0.717, 1.165) is 0 Å². The SMILES string of the molecule is Nc1ncnc2c1ncn2[C@]1(C#Cc2ccccc2)O[C@H](CO)[C@@H](O)[C@H]1O. The molecule has 1 aromatic carbocycles. The molecule has 0 bridgehead atoms. The lowest BCUT2D eigenvalue weighted by Crippen LogP contribution is -2.44. The standard InChI is InChI=1S/C18H17N5O4/c19-16-13-17(21-9-20-16)23(10-22-13)18(7-6-11-4-2-1-3-5-11)15(26)14(25)12(8-24)27-18/h1-5,9-10,12,14-15,24-26H,8H2,(H2,19,20,21)/t12-,14-,15-,18-/m1/s1. The van der Waals surface area contributed by atoms with Crippen LogP contribution in [0.1, 0.15) is 5.56 Å². The van der Waals surface area contributed by atoms with Crippen LogP contribution in [0.25, 0.3) is 11.2 Å². The summed E-state index contributed by atoms with van der Waals surface area (Å²) < 4.78 is 7.24. The minimum absolute atomic E-state index is 0.164. The summed E-state index contributed by atoms with van der Waals surface area (Å²) in [6.45, 7) is -0.489. The molecule has 2 aromatic heterocycles. The van der Waals surface area contributed by atoms with Crippen molar-refractivity contribution in [3.8, 4) is 11.8 Å². The van der Waals surface area contributed by atoms with Crippen LogP contribution in [0, 0.1) is 11.8 Å². The van der Waals surface area contributed by atoms with E-state index >= 15 is 0 Å². The molecule has 0 unspecified atom stereocenters. The summed E-state index contributed by atoms with van der Waals surface area (Å²) in [4.78, 5) is 12.2. The van der Waals surface area contributed by atoms with E-state index in [4.69, 9.17) is 10.5 Å². The van der Waals surface area contributed by atoms with Crippen LogP contribution >= 0.6 is 0 Å². The maximum Gasteiger partial charge on any atom is 0.241 e. The molecule has 1 fully saturated rings. The van der Waals surface area contributed by atoms with Crippen LogP contribution in [-0.2, 0) is 10.5 Å². The van der Waals surface area contributed by atoms with E-state index in [-0.39, 0.29) is 11.5 Å². The second kappa shape index (κ2) is 6.61. The molecular formula is C18H17N5O4. The van der Waals surface area contributed by atoms with Gasteiger partial charge in [0, 0.05) is 5.56 Å². The number of benzene rings is 1. The quantitative estimate of drug-likeness (QED) is 0.433. The highest BCUT2D eigenvalue weighted by molar-refractivity contribution is 5.81. The summed E-state index contributed by atoms with van der Waals surface area (Å²) in [5.74, 6) is 6.00. The van der Waals surface area contributed by atoms with Crippen LogP contribution in [-0.4, -0.2) is 59.8 Å². The molecule has 0 amide bonds. The number of nitrogens with two attached hydrogens (primary N) is 1. The van der Waals surface area contributed by atoms with Crippen molar-refractivity contribution < 1.29 is 20.1 Å². The van der Waals surface area contributed by atoms with Crippen molar-refractivity contribution in [3.63, 3.8) is 0 Å². The second-order valence-electron chi connectivity index (χ2n) is 6.13. The van der Waals surface area contributed by atoms with Gasteiger partial charge in [-0.25, -0.2) is 15.0 Å². The first-order valence-corrected chi connectivity index (χ1v) is 8.24. The number of rotatable bonds is 2. The highest BCUT2D eigenvalue weighted by atomic mass is 16.6. The molecule has 0 spiro atoms. The van der Waals surface area contributed by atoms with Crippen molar-refractivity contribution in [1.82, 2.24) is 19.5 Å². The molecular weight excluding hydrogens is 350 g/mol. The lowest BCUT2D eigenvalue weighted by atomic mass is 10.0. The molecule has 5 N–H and O–H groups in total. The van der Waals surface area contributed by atoms with Gasteiger partial charge in [0.2, 0.25) is 5.72 Å². The minimum Gasteiger partial charge on any atom is -0.394 e. The molecule has 4 atom stereocenters. The fourth-order valence-corrected chi connectivity index (χ4v) is 3.09. The van der Waals surface area contributed by atoms with Gasteiger partial charge in [-0.1, -0.05) is 24.1 Å². The maximum absolute atomic E-state index is 10.8. The molecule has 0 saturated carbocycles. The number of imidazole rings is 1. The maximum atomic E-state index is 10.8. The van der Waals surface area contributed by atoms with Crippen molar-refractivity contribution in [3.05, 3.63) is 48.5 Å². The van der Waals surface area contributed by atoms with Gasteiger partial charge in [0.05, 0.1) is 6.61 Å². The fraction of sp³-hybridized carbons (Fsp3) is 0.278. The Balaban J connectivity index is 1.92. The van der Waals surface area contributed by atoms with Gasteiger partial charge in [0.25, 0.3) is 0 Å². The second-order valence-corrected chi connectivity index (χ2v) is 6.13. The molecule has 4 rings (SSSR count). The number of fused-ring (bicyclic) bond motifs is 1. The molecule has 0 radical (unpaired) electrons. The lowest BCUT2D eigenvalue weighted by molar-refractivity contribution is -0.103. The lowest BCUT2D eigenvalue weighted by Gasteiger charge is -2.28. The van der Waals surface area contributed by atoms with Gasteiger partial charge in [0.1, 0.15) is 36.5 Å². The zero-order valence-corrected chi connectivity index (χ0v) is 14.1. The zero-order valence-electron chi connectivity index (χ0n) is 14.1. The Morgan fingerprint density at radius 2 is 1.96 bits per heavy atom. The van der Waals surface area contributed by atoms with Crippen molar-refractivity contribution in [2.24, 2.45) is 0 Å². The largest absolute Gasteiger partial charge is 0.394 e. The van der Waals surface area contributed by atoms with E-state index in [1.165, 1.54) is 17.2 Å². The molecule has 0 aliphatic carbocycles. The molecule has 9 heteroatoms. The summed E-state index contributed by atoms with van der Waals surface area (Å²) in [7, 11) is 0. The Kier molecular flexibility index (Phi) is 4.25. The number of aliphatic hydroxyl groups excluding tert-OH is 3. The normalized spacial score (nSPS) is 27.4. The Bertz CT molecular complexity index is 1030. The van der Waals surface area contributed by atoms with E-state index < -0.39 is 30.6 Å². The zero-order chi connectivity index (χ0) is 19.0. The van der Waals surface area contributed by atoms with Crippen LogP contribution in [0.3, 0.4) is 0 Å². The molecule has 1 aliphatic heterocycles. The number of nitrogen functional groups attached to an aromatic ring is 1. The number of hydrogen-bond donors (Lipinski definition) is 4. The topological polar surface area (TPSA) is 140 Å². The van der Waals surface area contributed by atoms with E-state index in [2.05, 4.69) is 26.8 Å². The number of hydrogen-bond acceptors (Lipinski definition) is 8. The summed E-state index contributed by atoms with van der Waals surface area (Å²) in [5, 5.41) is 30.6. The summed E-state index contributed by atoms with van der Waals surface area (Å²) in [6.07, 6.45) is -1.21. The van der Waals surface area contributed by atoms with E-state index in [1.54, 1.807) is 12.1 Å². The fourth-order valence-electron chi connectivity index (χ4n) is 3.09. The minimum atomic E-state index is -1.71. The van der Waals surface area contributed by atoms with Gasteiger partial charge in [-0.3, -0.25) is 4.57 Å². The van der Waals surface area contributed by atoms with Crippen LogP contribution in [0.4, 0.5) is 5.82 Å². The van der Waals surface area contributed by atoms with Gasteiger partial charge in [-0.15, -0.1) is 0 Å². The van der Waals surface area contributed by atoms with Crippen molar-refractivity contribution in [1.29, 1.82) is 0 Å². The van der Waals surface area contributed by atoms with Crippen molar-refractivity contribution in [2.45, 2.75) is 24.0 Å². The Morgan fingerprint density at radius 3 is 2.67 bits per heavy atom. The third-order valence-electron chi connectivity index (χ3n) is 4.50. The van der Waals surface area contributed by atoms with E-state index in [0.29, 0.717) is 11.1 Å². The van der Waals surface area contributed by atoms with Crippen LogP contribution in [0.2, 0.25) is 0 Å². The first-order chi connectivity index (χ1) is 13.1. The number of anilines is 1. The number of nitrogens with zero attached hydrogens (tertiary/aromatic N) is 4. The highest BCUT2D eigenvalue weighted by Gasteiger charge is 2.55. The predicted molar refractivity (Wildman–Crippen MR) is 95.0 cm³/mol. The summed E-state index contributed by atoms with van der Waals surface area (Å²) in [5.41, 5.74) is 5.42. The first-order valence-electron chi connectivity index (χ1n) is 8.24. The average molecular weight is 367 g/mol. The Morgan fingerprint density at radius 1 is 1.19 bits per heavy atom. The number of aromatic nitrogens is 4. The number of aliphatic hydroxyl groups is 3. The predicted octanol–water partition coefficient (Wildman–Crippen LogP) is -0.774. The van der Waals surface area contributed by atoms with E-state index in [1.807, 2.05) is 18.2 Å². The average Bonchev–Trinajstić information content (AvgIpc) is 3.23. The molecule has 9 nitrogen and oxygen atoms in total.